The molecule has 3 atom stereocenters. The quantitative estimate of drug-likeness (QED) is 0.659. The van der Waals surface area contributed by atoms with Gasteiger partial charge in [0, 0.05) is 42.5 Å². The Morgan fingerprint density at radius 3 is 2.58 bits per heavy atom. The van der Waals surface area contributed by atoms with Gasteiger partial charge in [0.25, 0.3) is 5.91 Å². The van der Waals surface area contributed by atoms with E-state index in [1.807, 2.05) is 61.8 Å². The summed E-state index contributed by atoms with van der Waals surface area (Å²) in [6, 6.07) is 16.1. The van der Waals surface area contributed by atoms with E-state index in [1.54, 1.807) is 0 Å². The summed E-state index contributed by atoms with van der Waals surface area (Å²) in [5.74, 6) is 0.0335. The van der Waals surface area contributed by atoms with Gasteiger partial charge in [0.05, 0.1) is 25.4 Å². The number of carbonyl (C=O) groups excluding carboxylic acids is 1. The molecule has 2 heterocycles. The molecule has 0 radical (unpaired) electrons. The van der Waals surface area contributed by atoms with Crippen molar-refractivity contribution in [1.82, 2.24) is 14.4 Å². The zero-order valence-electron chi connectivity index (χ0n) is 20.3. The Balaban J connectivity index is 1.97. The molecule has 6 heteroatoms. The van der Waals surface area contributed by atoms with Crippen molar-refractivity contribution < 1.29 is 14.6 Å². The van der Waals surface area contributed by atoms with Crippen LogP contribution in [0.1, 0.15) is 29.9 Å². The van der Waals surface area contributed by atoms with Gasteiger partial charge in [-0.25, -0.2) is 0 Å². The van der Waals surface area contributed by atoms with E-state index in [0.717, 1.165) is 34.1 Å². The van der Waals surface area contributed by atoms with Gasteiger partial charge in [-0.2, -0.15) is 0 Å². The van der Waals surface area contributed by atoms with Crippen molar-refractivity contribution in [2.75, 3.05) is 33.8 Å². The number of carbonyl (C=O) groups is 1. The van der Waals surface area contributed by atoms with Crippen molar-refractivity contribution in [2.45, 2.75) is 32.6 Å². The molecule has 0 unspecified atom stereocenters. The lowest BCUT2D eigenvalue weighted by Gasteiger charge is -2.34. The van der Waals surface area contributed by atoms with Gasteiger partial charge in [0.2, 0.25) is 0 Å². The first-order valence-corrected chi connectivity index (χ1v) is 11.7. The van der Waals surface area contributed by atoms with Crippen LogP contribution < -0.4 is 0 Å². The SMILES string of the molecule is C[C@@H]1CN([C@H](C)CO)C(=O)c2c(c3ccccc3n2C)-c2ccccc2CO[C@@H]1CN(C)C. The topological polar surface area (TPSA) is 57.9 Å². The second kappa shape index (κ2) is 9.67. The van der Waals surface area contributed by atoms with Gasteiger partial charge < -0.3 is 24.2 Å². The molecular weight excluding hydrogens is 414 g/mol. The largest absolute Gasteiger partial charge is 0.394 e. The van der Waals surface area contributed by atoms with Crippen LogP contribution >= 0.6 is 0 Å². The first kappa shape index (κ1) is 23.5. The number of hydrogen-bond acceptors (Lipinski definition) is 4. The van der Waals surface area contributed by atoms with E-state index >= 15 is 0 Å². The Hall–Kier alpha value is -2.67. The molecule has 0 fully saturated rings. The molecular formula is C27H35N3O3. The monoisotopic (exact) mass is 449 g/mol. The zero-order chi connectivity index (χ0) is 23.7. The number of para-hydroxylation sites is 1. The molecule has 33 heavy (non-hydrogen) atoms. The third-order valence-electron chi connectivity index (χ3n) is 6.77. The summed E-state index contributed by atoms with van der Waals surface area (Å²) in [6.45, 7) is 5.69. The summed E-state index contributed by atoms with van der Waals surface area (Å²) in [5, 5.41) is 11.1. The minimum Gasteiger partial charge on any atom is -0.394 e. The van der Waals surface area contributed by atoms with Crippen LogP contribution in [0.4, 0.5) is 0 Å². The standard InChI is InChI=1S/C27H35N3O3/c1-18-14-30(19(2)16-31)27(32)26-25(22-12-8-9-13-23(22)29(26)5)21-11-7-6-10-20(21)17-33-24(18)15-28(3)4/h6-13,18-19,24,31H,14-17H2,1-5H3/t18-,19-,24-/m1/s1. The molecule has 2 aromatic carbocycles. The van der Waals surface area contributed by atoms with Crippen molar-refractivity contribution in [1.29, 1.82) is 0 Å². The van der Waals surface area contributed by atoms with Crippen LogP contribution in [0.3, 0.4) is 0 Å². The Morgan fingerprint density at radius 1 is 1.15 bits per heavy atom. The van der Waals surface area contributed by atoms with Gasteiger partial charge in [0.15, 0.2) is 0 Å². The second-order valence-electron chi connectivity index (χ2n) is 9.54. The van der Waals surface area contributed by atoms with Crippen LogP contribution in [-0.2, 0) is 18.4 Å². The number of aliphatic hydroxyl groups excluding tert-OH is 1. The van der Waals surface area contributed by atoms with Gasteiger partial charge in [0.1, 0.15) is 5.69 Å². The lowest BCUT2D eigenvalue weighted by Crippen LogP contribution is -2.47. The molecule has 1 N–H and O–H groups in total. The molecule has 6 nitrogen and oxygen atoms in total. The van der Waals surface area contributed by atoms with Crippen LogP contribution in [0.15, 0.2) is 48.5 Å². The highest BCUT2D eigenvalue weighted by Gasteiger charge is 2.33. The molecule has 0 saturated carbocycles. The number of nitrogens with zero attached hydrogens (tertiary/aromatic N) is 3. The number of aryl methyl sites for hydroxylation is 1. The molecule has 0 bridgehead atoms. The molecule has 1 aliphatic heterocycles. The summed E-state index contributed by atoms with van der Waals surface area (Å²) in [4.78, 5) is 18.1. The molecule has 0 aliphatic carbocycles. The maximum atomic E-state index is 14.2. The van der Waals surface area contributed by atoms with Crippen molar-refractivity contribution in [2.24, 2.45) is 13.0 Å². The molecule has 4 rings (SSSR count). The van der Waals surface area contributed by atoms with E-state index in [0.29, 0.717) is 18.8 Å². The Morgan fingerprint density at radius 2 is 1.85 bits per heavy atom. The molecule has 0 saturated heterocycles. The highest BCUT2D eigenvalue weighted by Crippen LogP contribution is 2.38. The second-order valence-corrected chi connectivity index (χ2v) is 9.54. The molecule has 3 aromatic rings. The first-order chi connectivity index (χ1) is 15.8. The first-order valence-electron chi connectivity index (χ1n) is 11.7. The van der Waals surface area contributed by atoms with E-state index in [1.165, 1.54) is 0 Å². The Kier molecular flexibility index (Phi) is 6.88. The summed E-state index contributed by atoms with van der Waals surface area (Å²) < 4.78 is 8.51. The molecule has 1 amide bonds. The summed E-state index contributed by atoms with van der Waals surface area (Å²) in [5.41, 5.74) is 4.70. The number of hydrogen-bond donors (Lipinski definition) is 1. The zero-order valence-corrected chi connectivity index (χ0v) is 20.3. The van der Waals surface area contributed by atoms with Crippen molar-refractivity contribution in [3.63, 3.8) is 0 Å². The normalized spacial score (nSPS) is 20.5. The summed E-state index contributed by atoms with van der Waals surface area (Å²) >= 11 is 0. The van der Waals surface area contributed by atoms with Crippen LogP contribution in [0.5, 0.6) is 0 Å². The number of likely N-dealkylation sites (N-methyl/N-ethyl adjacent to an activating group) is 1. The van der Waals surface area contributed by atoms with Gasteiger partial charge in [-0.05, 0) is 38.2 Å². The number of aromatic nitrogens is 1. The molecule has 1 aliphatic rings. The van der Waals surface area contributed by atoms with Crippen molar-refractivity contribution >= 4 is 16.8 Å². The highest BCUT2D eigenvalue weighted by atomic mass is 16.5. The predicted octanol–water partition coefficient (Wildman–Crippen LogP) is 3.76. The fraction of sp³-hybridized carbons (Fsp3) is 0.444. The van der Waals surface area contributed by atoms with Crippen molar-refractivity contribution in [3.05, 3.63) is 59.8 Å². The Labute approximate surface area is 196 Å². The maximum Gasteiger partial charge on any atom is 0.271 e. The number of rotatable bonds is 4. The van der Waals surface area contributed by atoms with Crippen molar-refractivity contribution in [3.8, 4) is 11.1 Å². The van der Waals surface area contributed by atoms with E-state index < -0.39 is 0 Å². The van der Waals surface area contributed by atoms with E-state index in [4.69, 9.17) is 4.74 Å². The number of aliphatic hydroxyl groups is 1. The summed E-state index contributed by atoms with van der Waals surface area (Å²) in [7, 11) is 6.03. The maximum absolute atomic E-state index is 14.2. The van der Waals surface area contributed by atoms with Gasteiger partial charge in [-0.15, -0.1) is 0 Å². The average molecular weight is 450 g/mol. The van der Waals surface area contributed by atoms with Gasteiger partial charge >= 0.3 is 0 Å². The molecule has 1 aromatic heterocycles. The molecule has 0 spiro atoms. The van der Waals surface area contributed by atoms with Crippen LogP contribution in [0.25, 0.3) is 22.0 Å². The third-order valence-corrected chi connectivity index (χ3v) is 6.77. The fourth-order valence-electron chi connectivity index (χ4n) is 4.89. The van der Waals surface area contributed by atoms with Crippen LogP contribution in [0, 0.1) is 5.92 Å². The highest BCUT2D eigenvalue weighted by molar-refractivity contribution is 6.10. The van der Waals surface area contributed by atoms with E-state index in [-0.39, 0.29) is 30.6 Å². The third kappa shape index (κ3) is 4.43. The van der Waals surface area contributed by atoms with E-state index in [2.05, 4.69) is 36.1 Å². The predicted molar refractivity (Wildman–Crippen MR) is 132 cm³/mol. The average Bonchev–Trinajstić information content (AvgIpc) is 3.10. The van der Waals surface area contributed by atoms with E-state index in [9.17, 15) is 9.90 Å². The number of amides is 1. The van der Waals surface area contributed by atoms with Gasteiger partial charge in [-0.3, -0.25) is 4.79 Å². The fourth-order valence-corrected chi connectivity index (χ4v) is 4.89. The molecule has 176 valence electrons. The number of fused-ring (bicyclic) bond motifs is 5. The lowest BCUT2D eigenvalue weighted by atomic mass is 9.96. The van der Waals surface area contributed by atoms with Crippen LogP contribution in [-0.4, -0.2) is 71.3 Å². The minimum absolute atomic E-state index is 0.0489. The van der Waals surface area contributed by atoms with Crippen LogP contribution in [0.2, 0.25) is 0 Å². The minimum atomic E-state index is -0.304. The number of ether oxygens (including phenoxy) is 1. The Bertz CT molecular complexity index is 1140. The lowest BCUT2D eigenvalue weighted by molar-refractivity contribution is -0.0201. The smallest absolute Gasteiger partial charge is 0.271 e. The number of benzene rings is 2. The van der Waals surface area contributed by atoms with Gasteiger partial charge in [-0.1, -0.05) is 49.4 Å². The summed E-state index contributed by atoms with van der Waals surface area (Å²) in [6.07, 6.45) is -0.0489.